The minimum absolute atomic E-state index is 0.0736. The molecular formula is C18H26O5. The van der Waals surface area contributed by atoms with Crippen molar-refractivity contribution in [2.75, 3.05) is 7.11 Å². The number of hydrogen-bond donors (Lipinski definition) is 1. The van der Waals surface area contributed by atoms with Gasteiger partial charge >= 0.3 is 11.9 Å². The van der Waals surface area contributed by atoms with E-state index in [1.54, 1.807) is 0 Å². The molecule has 0 bridgehead atoms. The van der Waals surface area contributed by atoms with E-state index in [2.05, 4.69) is 13.2 Å². The maximum atomic E-state index is 11.9. The van der Waals surface area contributed by atoms with Crippen molar-refractivity contribution in [1.82, 2.24) is 0 Å². The van der Waals surface area contributed by atoms with E-state index in [1.807, 2.05) is 6.92 Å². The van der Waals surface area contributed by atoms with Crippen LogP contribution in [0.25, 0.3) is 0 Å². The van der Waals surface area contributed by atoms with Crippen molar-refractivity contribution in [3.63, 3.8) is 0 Å². The molecule has 0 saturated heterocycles. The molecule has 2 saturated carbocycles. The van der Waals surface area contributed by atoms with Crippen LogP contribution in [0.3, 0.4) is 0 Å². The van der Waals surface area contributed by atoms with Gasteiger partial charge in [0.05, 0.1) is 13.2 Å². The van der Waals surface area contributed by atoms with E-state index in [-0.39, 0.29) is 11.8 Å². The fraction of sp³-hybridized carbons (Fsp3) is 0.667. The van der Waals surface area contributed by atoms with E-state index >= 15 is 0 Å². The molecule has 5 nitrogen and oxygen atoms in total. The lowest BCUT2D eigenvalue weighted by molar-refractivity contribution is -0.162. The van der Waals surface area contributed by atoms with Crippen LogP contribution >= 0.6 is 0 Å². The number of rotatable bonds is 3. The summed E-state index contributed by atoms with van der Waals surface area (Å²) in [4.78, 5) is 23.4. The number of carbonyl (C=O) groups is 2. The monoisotopic (exact) mass is 322 g/mol. The Morgan fingerprint density at radius 3 is 2.61 bits per heavy atom. The Balaban J connectivity index is 2.34. The summed E-state index contributed by atoms with van der Waals surface area (Å²) in [5.74, 6) is -1.13. The summed E-state index contributed by atoms with van der Waals surface area (Å²) in [6, 6.07) is 0. The number of hydrogen-bond acceptors (Lipinski definition) is 5. The Labute approximate surface area is 137 Å². The minimum atomic E-state index is -0.488. The van der Waals surface area contributed by atoms with Crippen molar-refractivity contribution in [3.8, 4) is 0 Å². The first-order valence-corrected chi connectivity index (χ1v) is 8.00. The molecule has 2 aliphatic rings. The lowest BCUT2D eigenvalue weighted by Gasteiger charge is -2.53. The molecule has 2 rings (SSSR count). The molecule has 5 unspecified atom stereocenters. The van der Waals surface area contributed by atoms with Crippen LogP contribution in [0.1, 0.15) is 39.5 Å². The van der Waals surface area contributed by atoms with Crippen LogP contribution in [-0.4, -0.2) is 36.4 Å². The molecule has 0 aromatic heterocycles. The summed E-state index contributed by atoms with van der Waals surface area (Å²) in [5.41, 5.74) is 0.998. The number of aliphatic hydroxyl groups is 1. The van der Waals surface area contributed by atoms with Gasteiger partial charge in [0.25, 0.3) is 0 Å². The highest BCUT2D eigenvalue weighted by atomic mass is 16.5. The number of esters is 2. The predicted molar refractivity (Wildman–Crippen MR) is 85.4 cm³/mol. The Morgan fingerprint density at radius 2 is 2.04 bits per heavy atom. The second-order valence-corrected chi connectivity index (χ2v) is 6.98. The van der Waals surface area contributed by atoms with Crippen molar-refractivity contribution in [1.29, 1.82) is 0 Å². The molecule has 5 atom stereocenters. The van der Waals surface area contributed by atoms with Gasteiger partial charge < -0.3 is 14.6 Å². The van der Waals surface area contributed by atoms with Gasteiger partial charge in [-0.05, 0) is 31.6 Å². The number of carbonyl (C=O) groups excluding carboxylic acids is 2. The third-order valence-corrected chi connectivity index (χ3v) is 5.58. The van der Waals surface area contributed by atoms with E-state index in [9.17, 15) is 14.7 Å². The normalized spacial score (nSPS) is 36.8. The zero-order valence-electron chi connectivity index (χ0n) is 14.1. The second kappa shape index (κ2) is 6.48. The lowest BCUT2D eigenvalue weighted by Crippen LogP contribution is -2.53. The quantitative estimate of drug-likeness (QED) is 0.491. The maximum Gasteiger partial charge on any atom is 0.333 e. The van der Waals surface area contributed by atoms with Gasteiger partial charge in [-0.25, -0.2) is 4.79 Å². The predicted octanol–water partition coefficient (Wildman–Crippen LogP) is 2.39. The molecule has 0 aromatic rings. The molecule has 23 heavy (non-hydrogen) atoms. The van der Waals surface area contributed by atoms with Crippen LogP contribution in [0.2, 0.25) is 0 Å². The number of aliphatic hydroxyl groups excluding tert-OH is 1. The molecule has 0 aliphatic heterocycles. The topological polar surface area (TPSA) is 72.8 Å². The van der Waals surface area contributed by atoms with Gasteiger partial charge in [0, 0.05) is 23.8 Å². The van der Waals surface area contributed by atoms with Crippen molar-refractivity contribution in [2.24, 2.45) is 17.3 Å². The molecule has 0 spiro atoms. The van der Waals surface area contributed by atoms with E-state index < -0.39 is 29.6 Å². The molecule has 1 N–H and O–H groups in total. The maximum absolute atomic E-state index is 11.9. The highest BCUT2D eigenvalue weighted by Crippen LogP contribution is 2.55. The van der Waals surface area contributed by atoms with Crippen molar-refractivity contribution < 1.29 is 24.2 Å². The van der Waals surface area contributed by atoms with Crippen LogP contribution < -0.4 is 0 Å². The van der Waals surface area contributed by atoms with Crippen LogP contribution in [0.4, 0.5) is 0 Å². The van der Waals surface area contributed by atoms with Gasteiger partial charge in [-0.3, -0.25) is 4.79 Å². The molecule has 0 aromatic carbocycles. The Bertz CT molecular complexity index is 538. The largest absolute Gasteiger partial charge is 0.466 e. The van der Waals surface area contributed by atoms with Crippen molar-refractivity contribution in [2.45, 2.75) is 51.7 Å². The molecule has 0 radical (unpaired) electrons. The van der Waals surface area contributed by atoms with Crippen molar-refractivity contribution >= 4 is 11.9 Å². The molecule has 0 heterocycles. The second-order valence-electron chi connectivity index (χ2n) is 6.98. The Hall–Kier alpha value is -1.62. The number of methoxy groups -OCH3 is 1. The van der Waals surface area contributed by atoms with Gasteiger partial charge in [-0.2, -0.15) is 0 Å². The summed E-state index contributed by atoms with van der Waals surface area (Å²) >= 11 is 0. The molecule has 0 amide bonds. The summed E-state index contributed by atoms with van der Waals surface area (Å²) in [7, 11) is 1.31. The van der Waals surface area contributed by atoms with E-state index in [4.69, 9.17) is 9.47 Å². The van der Waals surface area contributed by atoms with E-state index in [1.165, 1.54) is 14.0 Å². The van der Waals surface area contributed by atoms with Gasteiger partial charge in [0.2, 0.25) is 0 Å². The van der Waals surface area contributed by atoms with Gasteiger partial charge in [0.1, 0.15) is 6.10 Å². The summed E-state index contributed by atoms with van der Waals surface area (Å²) in [6.45, 7) is 11.4. The lowest BCUT2D eigenvalue weighted by atomic mass is 9.54. The van der Waals surface area contributed by atoms with E-state index in [0.717, 1.165) is 12.0 Å². The minimum Gasteiger partial charge on any atom is -0.466 e. The Morgan fingerprint density at radius 1 is 1.39 bits per heavy atom. The van der Waals surface area contributed by atoms with Crippen LogP contribution in [-0.2, 0) is 19.1 Å². The van der Waals surface area contributed by atoms with Gasteiger partial charge in [-0.15, -0.1) is 0 Å². The van der Waals surface area contributed by atoms with E-state index in [0.29, 0.717) is 24.8 Å². The molecule has 2 fully saturated rings. The standard InChI is InChI=1S/C18H26O5/c1-10-6-7-16(20)18(4)9-15(23-12(3)19)13(8-14(10)18)11(2)17(21)22-5/h13-16,20H,1-2,6-9H2,3-5H3. The third-order valence-electron chi connectivity index (χ3n) is 5.58. The summed E-state index contributed by atoms with van der Waals surface area (Å²) < 4.78 is 10.2. The first-order chi connectivity index (χ1) is 10.7. The fourth-order valence-electron chi connectivity index (χ4n) is 4.21. The number of fused-ring (bicyclic) bond motifs is 1. The van der Waals surface area contributed by atoms with Gasteiger partial charge in [-0.1, -0.05) is 25.7 Å². The van der Waals surface area contributed by atoms with Gasteiger partial charge in [0.15, 0.2) is 0 Å². The average molecular weight is 322 g/mol. The Kier molecular flexibility index (Phi) is 4.99. The molecular weight excluding hydrogens is 296 g/mol. The highest BCUT2D eigenvalue weighted by molar-refractivity contribution is 5.88. The molecule has 128 valence electrons. The SMILES string of the molecule is C=C(C(=O)OC)C1CC2C(=C)CCC(O)C2(C)CC1OC(C)=O. The number of ether oxygens (including phenoxy) is 2. The average Bonchev–Trinajstić information content (AvgIpc) is 2.49. The van der Waals surface area contributed by atoms with Crippen LogP contribution in [0.5, 0.6) is 0 Å². The zero-order chi connectivity index (χ0) is 17.4. The first kappa shape index (κ1) is 17.7. The first-order valence-electron chi connectivity index (χ1n) is 8.00. The summed E-state index contributed by atoms with van der Waals surface area (Å²) in [6.07, 6.45) is 1.55. The number of allylic oxidation sites excluding steroid dienone is 1. The third kappa shape index (κ3) is 3.20. The molecule has 2 aliphatic carbocycles. The smallest absolute Gasteiger partial charge is 0.333 e. The van der Waals surface area contributed by atoms with Crippen molar-refractivity contribution in [3.05, 3.63) is 24.3 Å². The fourth-order valence-corrected chi connectivity index (χ4v) is 4.21. The molecule has 5 heteroatoms. The summed E-state index contributed by atoms with van der Waals surface area (Å²) in [5, 5.41) is 10.5. The zero-order valence-corrected chi connectivity index (χ0v) is 14.1. The highest BCUT2D eigenvalue weighted by Gasteiger charge is 2.53. The van der Waals surface area contributed by atoms with Crippen LogP contribution in [0, 0.1) is 17.3 Å². The van der Waals surface area contributed by atoms with Crippen LogP contribution in [0.15, 0.2) is 24.3 Å².